The third kappa shape index (κ3) is 2.09. The fourth-order valence-corrected chi connectivity index (χ4v) is 3.20. The van der Waals surface area contributed by atoms with Crippen molar-refractivity contribution in [1.82, 2.24) is 0 Å². The number of amides is 2. The minimum absolute atomic E-state index is 0.0764. The van der Waals surface area contributed by atoms with Crippen LogP contribution in [0.3, 0.4) is 0 Å². The van der Waals surface area contributed by atoms with Crippen LogP contribution in [0.5, 0.6) is 0 Å². The van der Waals surface area contributed by atoms with Crippen LogP contribution in [0.4, 0.5) is 15.8 Å². The molecule has 0 aromatic heterocycles. The third-order valence-electron chi connectivity index (χ3n) is 4.23. The van der Waals surface area contributed by atoms with Gasteiger partial charge in [0, 0.05) is 6.07 Å². The Kier molecular flexibility index (Phi) is 3.19. The van der Waals surface area contributed by atoms with Gasteiger partial charge in [0.2, 0.25) is 17.6 Å². The van der Waals surface area contributed by atoms with Crippen LogP contribution in [0.2, 0.25) is 0 Å². The number of nitrogens with zero attached hydrogens (tertiary/aromatic N) is 2. The SMILES string of the molecule is O=C1[C@@H]2CCCC[C@H]2C(=O)N1c1ccc(F)c([N+](=O)[O-])c1. The molecule has 110 valence electrons. The first-order valence-electron chi connectivity index (χ1n) is 6.82. The highest BCUT2D eigenvalue weighted by Gasteiger charge is 2.48. The molecule has 1 saturated carbocycles. The number of fused-ring (bicyclic) bond motifs is 1. The number of nitro groups is 1. The van der Waals surface area contributed by atoms with Crippen LogP contribution in [0, 0.1) is 27.8 Å². The molecule has 0 N–H and O–H groups in total. The topological polar surface area (TPSA) is 80.5 Å². The molecule has 0 unspecified atom stereocenters. The molecular formula is C14H13FN2O4. The van der Waals surface area contributed by atoms with Gasteiger partial charge in [-0.1, -0.05) is 12.8 Å². The Hall–Kier alpha value is -2.31. The monoisotopic (exact) mass is 292 g/mol. The predicted molar refractivity (Wildman–Crippen MR) is 71.0 cm³/mol. The van der Waals surface area contributed by atoms with Crippen molar-refractivity contribution in [3.63, 3.8) is 0 Å². The van der Waals surface area contributed by atoms with Crippen LogP contribution < -0.4 is 4.90 Å². The van der Waals surface area contributed by atoms with E-state index in [0.717, 1.165) is 29.9 Å². The van der Waals surface area contributed by atoms with Gasteiger partial charge >= 0.3 is 5.69 Å². The van der Waals surface area contributed by atoms with Crippen molar-refractivity contribution in [3.05, 3.63) is 34.1 Å². The van der Waals surface area contributed by atoms with Crippen molar-refractivity contribution in [2.45, 2.75) is 25.7 Å². The molecule has 1 heterocycles. The first-order valence-corrected chi connectivity index (χ1v) is 6.82. The summed E-state index contributed by atoms with van der Waals surface area (Å²) in [6.45, 7) is 0. The van der Waals surface area contributed by atoms with Crippen molar-refractivity contribution in [1.29, 1.82) is 0 Å². The van der Waals surface area contributed by atoms with E-state index in [9.17, 15) is 24.1 Å². The molecule has 21 heavy (non-hydrogen) atoms. The Morgan fingerprint density at radius 2 is 1.71 bits per heavy atom. The van der Waals surface area contributed by atoms with E-state index in [2.05, 4.69) is 0 Å². The number of nitro benzene ring substituents is 1. The van der Waals surface area contributed by atoms with Crippen LogP contribution in [0.25, 0.3) is 0 Å². The molecule has 0 bridgehead atoms. The lowest BCUT2D eigenvalue weighted by Gasteiger charge is -2.19. The fraction of sp³-hybridized carbons (Fsp3) is 0.429. The Bertz CT molecular complexity index is 622. The molecular weight excluding hydrogens is 279 g/mol. The molecule has 1 aromatic rings. The van der Waals surface area contributed by atoms with E-state index in [4.69, 9.17) is 0 Å². The minimum atomic E-state index is -0.986. The standard InChI is InChI=1S/C14H13FN2O4/c15-11-6-5-8(7-12(11)17(20)21)16-13(18)9-3-1-2-4-10(9)14(16)19/h5-7,9-10H,1-4H2/t9-,10-/m1/s1. The van der Waals surface area contributed by atoms with E-state index >= 15 is 0 Å². The minimum Gasteiger partial charge on any atom is -0.274 e. The smallest absolute Gasteiger partial charge is 0.274 e. The summed E-state index contributed by atoms with van der Waals surface area (Å²) in [6.07, 6.45) is 3.12. The average Bonchev–Trinajstić information content (AvgIpc) is 2.72. The summed E-state index contributed by atoms with van der Waals surface area (Å²) in [5.74, 6) is -2.32. The number of benzene rings is 1. The van der Waals surface area contributed by atoms with Crippen LogP contribution in [-0.2, 0) is 9.59 Å². The molecule has 2 amide bonds. The summed E-state index contributed by atoms with van der Waals surface area (Å²) in [5.41, 5.74) is -0.657. The van der Waals surface area contributed by atoms with Gasteiger partial charge in [-0.05, 0) is 25.0 Å². The number of carbonyl (C=O) groups excluding carboxylic acids is 2. The van der Waals surface area contributed by atoms with Crippen molar-refractivity contribution < 1.29 is 18.9 Å². The summed E-state index contributed by atoms with van der Waals surface area (Å²) in [4.78, 5) is 35.6. The van der Waals surface area contributed by atoms with Gasteiger partial charge in [0.25, 0.3) is 0 Å². The van der Waals surface area contributed by atoms with E-state index in [-0.39, 0.29) is 29.3 Å². The Morgan fingerprint density at radius 3 is 2.24 bits per heavy atom. The zero-order chi connectivity index (χ0) is 15.1. The van der Waals surface area contributed by atoms with Gasteiger partial charge in [-0.3, -0.25) is 19.7 Å². The van der Waals surface area contributed by atoms with Crippen molar-refractivity contribution in [3.8, 4) is 0 Å². The van der Waals surface area contributed by atoms with Crippen LogP contribution in [-0.4, -0.2) is 16.7 Å². The number of imide groups is 1. The van der Waals surface area contributed by atoms with Crippen molar-refractivity contribution >= 4 is 23.2 Å². The van der Waals surface area contributed by atoms with Crippen LogP contribution in [0.15, 0.2) is 18.2 Å². The van der Waals surface area contributed by atoms with Gasteiger partial charge in [0.1, 0.15) is 0 Å². The first kappa shape index (κ1) is 13.7. The second-order valence-electron chi connectivity index (χ2n) is 5.40. The second kappa shape index (κ2) is 4.91. The largest absolute Gasteiger partial charge is 0.306 e. The Balaban J connectivity index is 2.00. The summed E-state index contributed by atoms with van der Waals surface area (Å²) in [6, 6.07) is 3.09. The first-order chi connectivity index (χ1) is 10.0. The maximum absolute atomic E-state index is 13.4. The molecule has 2 fully saturated rings. The number of rotatable bonds is 2. The summed E-state index contributed by atoms with van der Waals surface area (Å²) < 4.78 is 13.4. The highest BCUT2D eigenvalue weighted by atomic mass is 19.1. The Labute approximate surface area is 119 Å². The number of hydrogen-bond acceptors (Lipinski definition) is 4. The van der Waals surface area contributed by atoms with E-state index in [1.54, 1.807) is 0 Å². The summed E-state index contributed by atoms with van der Waals surface area (Å²) in [5, 5.41) is 10.8. The van der Waals surface area contributed by atoms with Gasteiger partial charge in [-0.15, -0.1) is 0 Å². The Morgan fingerprint density at radius 1 is 1.14 bits per heavy atom. The highest BCUT2D eigenvalue weighted by Crippen LogP contribution is 2.40. The highest BCUT2D eigenvalue weighted by molar-refractivity contribution is 6.22. The maximum atomic E-state index is 13.4. The molecule has 1 aliphatic heterocycles. The predicted octanol–water partition coefficient (Wildman–Crippen LogP) is 2.41. The van der Waals surface area contributed by atoms with E-state index in [1.807, 2.05) is 0 Å². The summed E-state index contributed by atoms with van der Waals surface area (Å²) >= 11 is 0. The summed E-state index contributed by atoms with van der Waals surface area (Å²) in [7, 11) is 0. The van der Waals surface area contributed by atoms with E-state index in [1.165, 1.54) is 6.07 Å². The number of hydrogen-bond donors (Lipinski definition) is 0. The molecule has 6 nitrogen and oxygen atoms in total. The van der Waals surface area contributed by atoms with Gasteiger partial charge in [-0.25, -0.2) is 4.90 Å². The molecule has 2 atom stereocenters. The molecule has 2 aliphatic rings. The number of anilines is 1. The molecule has 1 saturated heterocycles. The van der Waals surface area contributed by atoms with Gasteiger partial charge < -0.3 is 0 Å². The lowest BCUT2D eigenvalue weighted by atomic mass is 9.81. The van der Waals surface area contributed by atoms with Crippen LogP contribution >= 0.6 is 0 Å². The zero-order valence-corrected chi connectivity index (χ0v) is 11.1. The quantitative estimate of drug-likeness (QED) is 0.476. The molecule has 3 rings (SSSR count). The van der Waals surface area contributed by atoms with Crippen molar-refractivity contribution in [2.24, 2.45) is 11.8 Å². The van der Waals surface area contributed by atoms with E-state index < -0.39 is 16.4 Å². The molecule has 0 radical (unpaired) electrons. The third-order valence-corrected chi connectivity index (χ3v) is 4.23. The number of carbonyl (C=O) groups is 2. The molecule has 1 aromatic carbocycles. The lowest BCUT2D eigenvalue weighted by Crippen LogP contribution is -2.30. The van der Waals surface area contributed by atoms with Crippen molar-refractivity contribution in [2.75, 3.05) is 4.90 Å². The fourth-order valence-electron chi connectivity index (χ4n) is 3.20. The second-order valence-corrected chi connectivity index (χ2v) is 5.40. The van der Waals surface area contributed by atoms with E-state index in [0.29, 0.717) is 12.8 Å². The maximum Gasteiger partial charge on any atom is 0.306 e. The van der Waals surface area contributed by atoms with Gasteiger partial charge in [0.15, 0.2) is 0 Å². The molecule has 7 heteroatoms. The average molecular weight is 292 g/mol. The lowest BCUT2D eigenvalue weighted by molar-refractivity contribution is -0.387. The molecule has 1 aliphatic carbocycles. The van der Waals surface area contributed by atoms with Gasteiger partial charge in [-0.2, -0.15) is 4.39 Å². The van der Waals surface area contributed by atoms with Gasteiger partial charge in [0.05, 0.1) is 22.4 Å². The number of halogens is 1. The zero-order valence-electron chi connectivity index (χ0n) is 11.1. The van der Waals surface area contributed by atoms with Crippen LogP contribution in [0.1, 0.15) is 25.7 Å². The molecule has 0 spiro atoms. The normalized spacial score (nSPS) is 25.1.